The van der Waals surface area contributed by atoms with Gasteiger partial charge in [-0.15, -0.1) is 13.2 Å². The van der Waals surface area contributed by atoms with Gasteiger partial charge in [0, 0.05) is 0 Å². The zero-order valence-electron chi connectivity index (χ0n) is 12.8. The Morgan fingerprint density at radius 2 is 1.67 bits per heavy atom. The first-order chi connectivity index (χ1) is 9.76. The fourth-order valence-electron chi connectivity index (χ4n) is 1.99. The number of benzene rings is 1. The van der Waals surface area contributed by atoms with Crippen LogP contribution >= 0.6 is 0 Å². The summed E-state index contributed by atoms with van der Waals surface area (Å²) in [6.07, 6.45) is -2.76. The van der Waals surface area contributed by atoms with Crippen LogP contribution in [0.4, 0.5) is 13.2 Å². The van der Waals surface area contributed by atoms with Gasteiger partial charge in [-0.25, -0.2) is 0 Å². The molecular weight excluding hydrogens is 279 g/mol. The second-order valence-corrected chi connectivity index (χ2v) is 5.89. The summed E-state index contributed by atoms with van der Waals surface area (Å²) in [7, 11) is 0. The molecule has 1 atom stereocenters. The largest absolute Gasteiger partial charge is 0.573 e. The lowest BCUT2D eigenvalue weighted by Crippen LogP contribution is -2.25. The van der Waals surface area contributed by atoms with Crippen LogP contribution in [0.5, 0.6) is 5.75 Å². The maximum absolute atomic E-state index is 12.0. The summed E-state index contributed by atoms with van der Waals surface area (Å²) < 4.78 is 40.0. The maximum Gasteiger partial charge on any atom is 0.573 e. The first-order valence-electron chi connectivity index (χ1n) is 7.31. The van der Waals surface area contributed by atoms with E-state index in [1.807, 2.05) is 0 Å². The van der Waals surface area contributed by atoms with Crippen molar-refractivity contribution in [3.05, 3.63) is 29.8 Å². The van der Waals surface area contributed by atoms with Gasteiger partial charge in [-0.05, 0) is 55.5 Å². The average Bonchev–Trinajstić information content (AvgIpc) is 2.35. The van der Waals surface area contributed by atoms with E-state index in [2.05, 4.69) is 30.8 Å². The molecule has 1 aromatic rings. The third kappa shape index (κ3) is 8.60. The molecule has 21 heavy (non-hydrogen) atoms. The summed E-state index contributed by atoms with van der Waals surface area (Å²) in [5, 5.41) is 3.41. The Hall–Kier alpha value is -1.23. The number of aryl methyl sites for hydroxylation is 1. The zero-order valence-corrected chi connectivity index (χ0v) is 12.8. The highest BCUT2D eigenvalue weighted by atomic mass is 19.4. The van der Waals surface area contributed by atoms with E-state index in [4.69, 9.17) is 0 Å². The Kier molecular flexibility index (Phi) is 7.02. The lowest BCUT2D eigenvalue weighted by atomic mass is 10.0. The molecule has 0 heterocycles. The summed E-state index contributed by atoms with van der Waals surface area (Å²) in [5.74, 6) is 1.01. The van der Waals surface area contributed by atoms with Crippen LogP contribution in [0.3, 0.4) is 0 Å². The first-order valence-corrected chi connectivity index (χ1v) is 7.31. The molecule has 0 aliphatic heterocycles. The minimum Gasteiger partial charge on any atom is -0.406 e. The minimum absolute atomic E-state index is 0.169. The van der Waals surface area contributed by atoms with E-state index in [1.54, 1.807) is 12.1 Å². The van der Waals surface area contributed by atoms with Crippen molar-refractivity contribution in [2.45, 2.75) is 40.0 Å². The van der Waals surface area contributed by atoms with E-state index in [9.17, 15) is 13.2 Å². The molecule has 1 rings (SSSR count). The van der Waals surface area contributed by atoms with Gasteiger partial charge in [0.05, 0.1) is 0 Å². The average molecular weight is 303 g/mol. The second kappa shape index (κ2) is 8.27. The van der Waals surface area contributed by atoms with Gasteiger partial charge >= 0.3 is 6.36 Å². The second-order valence-electron chi connectivity index (χ2n) is 5.89. The summed E-state index contributed by atoms with van der Waals surface area (Å²) in [5.41, 5.74) is 1.03. The summed E-state index contributed by atoms with van der Waals surface area (Å²) in [4.78, 5) is 0. The van der Waals surface area contributed by atoms with Crippen LogP contribution in [0.2, 0.25) is 0 Å². The number of hydrogen-bond acceptors (Lipinski definition) is 2. The van der Waals surface area contributed by atoms with Gasteiger partial charge in [0.2, 0.25) is 0 Å². The quantitative estimate of drug-likeness (QED) is 0.768. The van der Waals surface area contributed by atoms with Crippen molar-refractivity contribution in [2.75, 3.05) is 13.1 Å². The van der Waals surface area contributed by atoms with Crippen LogP contribution in [0.25, 0.3) is 0 Å². The van der Waals surface area contributed by atoms with Crippen molar-refractivity contribution in [3.8, 4) is 5.75 Å². The zero-order chi connectivity index (χ0) is 15.9. The molecule has 0 fully saturated rings. The predicted molar refractivity (Wildman–Crippen MR) is 78.3 cm³/mol. The SMILES string of the molecule is CC(C)CNCC(C)CCc1ccc(OC(F)(F)F)cc1. The van der Waals surface area contributed by atoms with Crippen LogP contribution in [0.15, 0.2) is 24.3 Å². The third-order valence-electron chi connectivity index (χ3n) is 3.13. The topological polar surface area (TPSA) is 21.3 Å². The van der Waals surface area contributed by atoms with E-state index < -0.39 is 6.36 Å². The molecule has 0 aromatic heterocycles. The molecule has 0 aliphatic carbocycles. The molecule has 0 aliphatic rings. The summed E-state index contributed by atoms with van der Waals surface area (Å²) >= 11 is 0. The Morgan fingerprint density at radius 1 is 1.05 bits per heavy atom. The molecule has 2 nitrogen and oxygen atoms in total. The standard InChI is InChI=1S/C16H24F3NO/c1-12(2)10-20-11-13(3)4-5-14-6-8-15(9-7-14)21-16(17,18)19/h6-9,12-13,20H,4-5,10-11H2,1-3H3. The summed E-state index contributed by atoms with van der Waals surface area (Å²) in [6.45, 7) is 8.49. The molecule has 1 unspecified atom stereocenters. The first kappa shape index (κ1) is 17.8. The van der Waals surface area contributed by atoms with Gasteiger partial charge < -0.3 is 10.1 Å². The van der Waals surface area contributed by atoms with Gasteiger partial charge in [0.25, 0.3) is 0 Å². The van der Waals surface area contributed by atoms with Crippen LogP contribution in [0, 0.1) is 11.8 Å². The van der Waals surface area contributed by atoms with Crippen molar-refractivity contribution < 1.29 is 17.9 Å². The number of hydrogen-bond donors (Lipinski definition) is 1. The maximum atomic E-state index is 12.0. The predicted octanol–water partition coefficient (Wildman–Crippen LogP) is 4.40. The lowest BCUT2D eigenvalue weighted by molar-refractivity contribution is -0.274. The molecular formula is C16H24F3NO. The Labute approximate surface area is 124 Å². The highest BCUT2D eigenvalue weighted by Gasteiger charge is 2.30. The van der Waals surface area contributed by atoms with Crippen molar-refractivity contribution in [3.63, 3.8) is 0 Å². The fraction of sp³-hybridized carbons (Fsp3) is 0.625. The van der Waals surface area contributed by atoms with Crippen LogP contribution in [0.1, 0.15) is 32.8 Å². The van der Waals surface area contributed by atoms with Gasteiger partial charge in [0.15, 0.2) is 0 Å². The number of halogens is 3. The van der Waals surface area contributed by atoms with Crippen LogP contribution in [-0.2, 0) is 6.42 Å². The molecule has 5 heteroatoms. The minimum atomic E-state index is -4.63. The molecule has 0 spiro atoms. The molecule has 1 N–H and O–H groups in total. The number of alkyl halides is 3. The third-order valence-corrected chi connectivity index (χ3v) is 3.13. The van der Waals surface area contributed by atoms with E-state index in [-0.39, 0.29) is 5.75 Å². The monoisotopic (exact) mass is 303 g/mol. The Morgan fingerprint density at radius 3 is 2.19 bits per heavy atom. The van der Waals surface area contributed by atoms with Gasteiger partial charge in [0.1, 0.15) is 5.75 Å². The van der Waals surface area contributed by atoms with E-state index in [0.29, 0.717) is 11.8 Å². The van der Waals surface area contributed by atoms with Gasteiger partial charge in [-0.3, -0.25) is 0 Å². The molecule has 1 aromatic carbocycles. The van der Waals surface area contributed by atoms with Crippen molar-refractivity contribution >= 4 is 0 Å². The van der Waals surface area contributed by atoms with E-state index in [0.717, 1.165) is 31.5 Å². The summed E-state index contributed by atoms with van der Waals surface area (Å²) in [6, 6.07) is 6.11. The molecule has 120 valence electrons. The smallest absolute Gasteiger partial charge is 0.406 e. The molecule has 0 saturated heterocycles. The van der Waals surface area contributed by atoms with Gasteiger partial charge in [-0.2, -0.15) is 0 Å². The lowest BCUT2D eigenvalue weighted by Gasteiger charge is -2.14. The van der Waals surface area contributed by atoms with Crippen molar-refractivity contribution in [2.24, 2.45) is 11.8 Å². The highest BCUT2D eigenvalue weighted by molar-refractivity contribution is 5.27. The van der Waals surface area contributed by atoms with E-state index >= 15 is 0 Å². The molecule has 0 radical (unpaired) electrons. The van der Waals surface area contributed by atoms with Crippen LogP contribution < -0.4 is 10.1 Å². The number of rotatable bonds is 8. The normalized spacial score (nSPS) is 13.5. The number of ether oxygens (including phenoxy) is 1. The highest BCUT2D eigenvalue weighted by Crippen LogP contribution is 2.23. The molecule has 0 saturated carbocycles. The van der Waals surface area contributed by atoms with E-state index in [1.165, 1.54) is 12.1 Å². The molecule has 0 amide bonds. The Balaban J connectivity index is 2.32. The van der Waals surface area contributed by atoms with Gasteiger partial charge in [-0.1, -0.05) is 32.9 Å². The van der Waals surface area contributed by atoms with Crippen molar-refractivity contribution in [1.82, 2.24) is 5.32 Å². The molecule has 0 bridgehead atoms. The fourth-order valence-corrected chi connectivity index (χ4v) is 1.99. The van der Waals surface area contributed by atoms with Crippen LogP contribution in [-0.4, -0.2) is 19.5 Å². The van der Waals surface area contributed by atoms with Crippen molar-refractivity contribution in [1.29, 1.82) is 0 Å². The number of nitrogens with one attached hydrogen (secondary N) is 1. The Bertz CT molecular complexity index is 401.